The van der Waals surface area contributed by atoms with Crippen molar-refractivity contribution in [2.45, 2.75) is 19.4 Å². The molecule has 0 saturated heterocycles. The Bertz CT molecular complexity index is 609. The average Bonchev–Trinajstić information content (AvgIpc) is 2.80. The van der Waals surface area contributed by atoms with Crippen LogP contribution >= 0.6 is 0 Å². The van der Waals surface area contributed by atoms with Gasteiger partial charge in [-0.2, -0.15) is 0 Å². The predicted molar refractivity (Wildman–Crippen MR) is 70.0 cm³/mol. The first-order valence-corrected chi connectivity index (χ1v) is 5.84. The van der Waals surface area contributed by atoms with E-state index in [1.165, 1.54) is 20.9 Å². The molecule has 0 aliphatic carbocycles. The first-order chi connectivity index (χ1) is 8.84. The number of carbonyl (C=O) groups is 2. The van der Waals surface area contributed by atoms with Gasteiger partial charge in [-0.3, -0.25) is 4.79 Å². The highest BCUT2D eigenvalue weighted by Crippen LogP contribution is 2.22. The van der Waals surface area contributed by atoms with Crippen LogP contribution in [0.3, 0.4) is 0 Å². The number of para-hydroxylation sites is 1. The second kappa shape index (κ2) is 4.42. The van der Waals surface area contributed by atoms with Gasteiger partial charge in [-0.1, -0.05) is 18.2 Å². The van der Waals surface area contributed by atoms with Crippen LogP contribution in [0.25, 0.3) is 11.0 Å². The average molecular weight is 261 g/mol. The fourth-order valence-electron chi connectivity index (χ4n) is 1.65. The molecule has 19 heavy (non-hydrogen) atoms. The Morgan fingerprint density at radius 2 is 1.89 bits per heavy atom. The molecule has 1 aromatic heterocycles. The van der Waals surface area contributed by atoms with E-state index in [4.69, 9.17) is 9.52 Å². The number of benzene rings is 1. The Labute approximate surface area is 110 Å². The van der Waals surface area contributed by atoms with Gasteiger partial charge in [0.2, 0.25) is 0 Å². The summed E-state index contributed by atoms with van der Waals surface area (Å²) in [4.78, 5) is 24.5. The summed E-state index contributed by atoms with van der Waals surface area (Å²) in [6, 6.07) is 8.86. The second-order valence-electron chi connectivity index (χ2n) is 4.88. The quantitative estimate of drug-likeness (QED) is 0.920. The fraction of sp³-hybridized carbons (Fsp3) is 0.286. The van der Waals surface area contributed by atoms with E-state index >= 15 is 0 Å². The Morgan fingerprint density at radius 1 is 1.26 bits per heavy atom. The van der Waals surface area contributed by atoms with Crippen LogP contribution in [0.4, 0.5) is 0 Å². The number of carboxylic acids is 1. The van der Waals surface area contributed by atoms with Crippen LogP contribution in [0.15, 0.2) is 34.7 Å². The summed E-state index contributed by atoms with van der Waals surface area (Å²) in [5.41, 5.74) is -0.692. The molecule has 1 aromatic carbocycles. The Kier molecular flexibility index (Phi) is 3.06. The number of likely N-dealkylation sites (N-methyl/N-ethyl adjacent to an activating group) is 1. The van der Waals surface area contributed by atoms with Gasteiger partial charge in [0.25, 0.3) is 5.91 Å². The summed E-state index contributed by atoms with van der Waals surface area (Å²) < 4.78 is 5.44. The standard InChI is InChI=1S/C14H15NO4/c1-14(2,13(17)18)15(3)12(16)11-8-9-6-4-5-7-10(9)19-11/h4-8H,1-3H3,(H,17,18). The van der Waals surface area contributed by atoms with E-state index in [0.29, 0.717) is 5.58 Å². The van der Waals surface area contributed by atoms with Crippen molar-refractivity contribution in [3.8, 4) is 0 Å². The van der Waals surface area contributed by atoms with Gasteiger partial charge >= 0.3 is 5.97 Å². The summed E-state index contributed by atoms with van der Waals surface area (Å²) >= 11 is 0. The fourth-order valence-corrected chi connectivity index (χ4v) is 1.65. The lowest BCUT2D eigenvalue weighted by Gasteiger charge is -2.30. The van der Waals surface area contributed by atoms with E-state index in [1.54, 1.807) is 12.1 Å². The zero-order valence-electron chi connectivity index (χ0n) is 11.0. The van der Waals surface area contributed by atoms with E-state index in [0.717, 1.165) is 10.3 Å². The third kappa shape index (κ3) is 2.19. The van der Waals surface area contributed by atoms with Gasteiger partial charge in [0.15, 0.2) is 5.76 Å². The molecule has 100 valence electrons. The molecule has 0 saturated carbocycles. The minimum Gasteiger partial charge on any atom is -0.480 e. The van der Waals surface area contributed by atoms with Gasteiger partial charge in [-0.15, -0.1) is 0 Å². The predicted octanol–water partition coefficient (Wildman–Crippen LogP) is 2.37. The molecule has 2 aromatic rings. The summed E-state index contributed by atoms with van der Waals surface area (Å²) in [7, 11) is 1.45. The number of hydrogen-bond acceptors (Lipinski definition) is 3. The third-order valence-corrected chi connectivity index (χ3v) is 3.30. The normalized spacial score (nSPS) is 11.5. The van der Waals surface area contributed by atoms with Crippen molar-refractivity contribution in [1.29, 1.82) is 0 Å². The molecule has 0 atom stereocenters. The van der Waals surface area contributed by atoms with E-state index in [2.05, 4.69) is 0 Å². The number of carboxylic acid groups (broad SMARTS) is 1. The highest BCUT2D eigenvalue weighted by Gasteiger charge is 2.36. The van der Waals surface area contributed by atoms with Gasteiger partial charge in [-0.25, -0.2) is 4.79 Å². The molecule has 0 unspecified atom stereocenters. The maximum Gasteiger partial charge on any atom is 0.329 e. The first-order valence-electron chi connectivity index (χ1n) is 5.84. The molecule has 0 aliphatic rings. The van der Waals surface area contributed by atoms with Crippen molar-refractivity contribution in [1.82, 2.24) is 4.90 Å². The second-order valence-corrected chi connectivity index (χ2v) is 4.88. The van der Waals surface area contributed by atoms with Crippen molar-refractivity contribution in [3.63, 3.8) is 0 Å². The Hall–Kier alpha value is -2.30. The van der Waals surface area contributed by atoms with E-state index in [9.17, 15) is 9.59 Å². The van der Waals surface area contributed by atoms with Crippen LogP contribution in [-0.4, -0.2) is 34.5 Å². The van der Waals surface area contributed by atoms with Crippen molar-refractivity contribution < 1.29 is 19.1 Å². The van der Waals surface area contributed by atoms with Crippen molar-refractivity contribution in [2.24, 2.45) is 0 Å². The van der Waals surface area contributed by atoms with E-state index in [-0.39, 0.29) is 5.76 Å². The monoisotopic (exact) mass is 261 g/mol. The zero-order chi connectivity index (χ0) is 14.2. The number of fused-ring (bicyclic) bond motifs is 1. The first kappa shape index (κ1) is 13.1. The minimum atomic E-state index is -1.30. The summed E-state index contributed by atoms with van der Waals surface area (Å²) in [6.07, 6.45) is 0. The van der Waals surface area contributed by atoms with Crippen LogP contribution in [-0.2, 0) is 4.79 Å². The van der Waals surface area contributed by atoms with Crippen LogP contribution in [0.5, 0.6) is 0 Å². The van der Waals surface area contributed by atoms with Crippen molar-refractivity contribution in [2.75, 3.05) is 7.05 Å². The lowest BCUT2D eigenvalue weighted by atomic mass is 10.0. The molecule has 0 spiro atoms. The van der Waals surface area contributed by atoms with Crippen LogP contribution in [0, 0.1) is 0 Å². The van der Waals surface area contributed by atoms with E-state index < -0.39 is 17.4 Å². The maximum absolute atomic E-state index is 12.2. The lowest BCUT2D eigenvalue weighted by Crippen LogP contribution is -2.50. The summed E-state index contributed by atoms with van der Waals surface area (Å²) in [5.74, 6) is -1.39. The van der Waals surface area contributed by atoms with Gasteiger partial charge in [-0.05, 0) is 26.0 Å². The molecule has 1 heterocycles. The molecule has 5 heteroatoms. The Morgan fingerprint density at radius 3 is 2.47 bits per heavy atom. The molecular formula is C14H15NO4. The van der Waals surface area contributed by atoms with Crippen molar-refractivity contribution >= 4 is 22.8 Å². The SMILES string of the molecule is CN(C(=O)c1cc2ccccc2o1)C(C)(C)C(=O)O. The molecule has 1 N–H and O–H groups in total. The highest BCUT2D eigenvalue weighted by molar-refractivity contribution is 5.98. The molecular weight excluding hydrogens is 246 g/mol. The molecule has 0 aliphatic heterocycles. The zero-order valence-corrected chi connectivity index (χ0v) is 11.0. The number of nitrogens with zero attached hydrogens (tertiary/aromatic N) is 1. The number of furan rings is 1. The van der Waals surface area contributed by atoms with Crippen molar-refractivity contribution in [3.05, 3.63) is 36.1 Å². The van der Waals surface area contributed by atoms with Crippen LogP contribution < -0.4 is 0 Å². The van der Waals surface area contributed by atoms with Gasteiger partial charge in [0.05, 0.1) is 0 Å². The number of carbonyl (C=O) groups excluding carboxylic acids is 1. The smallest absolute Gasteiger partial charge is 0.329 e. The van der Waals surface area contributed by atoms with Gasteiger partial charge in [0, 0.05) is 12.4 Å². The molecule has 0 fully saturated rings. The van der Waals surface area contributed by atoms with Gasteiger partial charge < -0.3 is 14.4 Å². The number of amides is 1. The van der Waals surface area contributed by atoms with Crippen LogP contribution in [0.2, 0.25) is 0 Å². The number of rotatable bonds is 3. The topological polar surface area (TPSA) is 70.8 Å². The molecule has 5 nitrogen and oxygen atoms in total. The van der Waals surface area contributed by atoms with E-state index in [1.807, 2.05) is 18.2 Å². The number of hydrogen-bond donors (Lipinski definition) is 1. The molecule has 1 amide bonds. The molecule has 2 rings (SSSR count). The number of aliphatic carboxylic acids is 1. The van der Waals surface area contributed by atoms with Gasteiger partial charge in [0.1, 0.15) is 11.1 Å². The molecule has 0 bridgehead atoms. The highest BCUT2D eigenvalue weighted by atomic mass is 16.4. The summed E-state index contributed by atoms with van der Waals surface area (Å²) in [6.45, 7) is 2.94. The lowest BCUT2D eigenvalue weighted by molar-refractivity contribution is -0.147. The third-order valence-electron chi connectivity index (χ3n) is 3.30. The summed E-state index contributed by atoms with van der Waals surface area (Å²) in [5, 5.41) is 9.94. The van der Waals surface area contributed by atoms with Crippen LogP contribution in [0.1, 0.15) is 24.4 Å². The minimum absolute atomic E-state index is 0.137. The molecule has 0 radical (unpaired) electrons. The Balaban J connectivity index is 2.36. The maximum atomic E-state index is 12.2. The largest absolute Gasteiger partial charge is 0.480 e.